The molecule has 0 aromatic carbocycles. The van der Waals surface area contributed by atoms with Crippen LogP contribution in [0.3, 0.4) is 0 Å². The van der Waals surface area contributed by atoms with Crippen molar-refractivity contribution in [3.63, 3.8) is 0 Å². The molecule has 4 rings (SSSR count). The summed E-state index contributed by atoms with van der Waals surface area (Å²) in [5, 5.41) is 8.74. The number of ether oxygens (including phenoxy) is 1. The van der Waals surface area contributed by atoms with Crippen LogP contribution in [-0.4, -0.2) is 21.1 Å². The van der Waals surface area contributed by atoms with Crippen molar-refractivity contribution in [3.05, 3.63) is 64.0 Å². The van der Waals surface area contributed by atoms with Gasteiger partial charge in [0.25, 0.3) is 5.56 Å². The molecule has 2 aliphatic rings. The van der Waals surface area contributed by atoms with Gasteiger partial charge in [0.15, 0.2) is 0 Å². The van der Waals surface area contributed by atoms with Gasteiger partial charge in [-0.15, -0.1) is 0 Å². The van der Waals surface area contributed by atoms with E-state index in [0.717, 1.165) is 24.0 Å². The first-order valence-corrected chi connectivity index (χ1v) is 10.9. The minimum atomic E-state index is -0.150. The Balaban J connectivity index is 1.47. The van der Waals surface area contributed by atoms with Crippen LogP contribution in [0.1, 0.15) is 38.9 Å². The Morgan fingerprint density at radius 2 is 2.16 bits per heavy atom. The zero-order valence-electron chi connectivity index (χ0n) is 18.3. The Labute approximate surface area is 182 Å². The standard InChI is InChI=1S/C25H28N4O2/c1-16-5-6-19(11-17(16)2)22-12-21(22)15-31-25-23(14-27-18(3)28-25)20-7-10-29(9-4-8-26)24(30)13-20/h5-7,10,13-14,17,21-22H,4,9,11-12,15H2,1-3H3. The first-order chi connectivity index (χ1) is 15.0. The molecule has 0 aliphatic heterocycles. The Morgan fingerprint density at radius 3 is 2.90 bits per heavy atom. The molecule has 0 radical (unpaired) electrons. The second kappa shape index (κ2) is 8.89. The summed E-state index contributed by atoms with van der Waals surface area (Å²) in [6.07, 6.45) is 10.6. The van der Waals surface area contributed by atoms with Crippen molar-refractivity contribution in [3.8, 4) is 23.1 Å². The number of nitrogens with zero attached hydrogens (tertiary/aromatic N) is 4. The molecule has 0 saturated heterocycles. The van der Waals surface area contributed by atoms with Crippen LogP contribution in [0.5, 0.6) is 5.88 Å². The number of nitriles is 1. The summed E-state index contributed by atoms with van der Waals surface area (Å²) in [5.41, 5.74) is 4.28. The number of pyridine rings is 1. The largest absolute Gasteiger partial charge is 0.477 e. The molecule has 0 amide bonds. The SMILES string of the molecule is CC1=CC=C(C2CC2COc2nc(C)ncc2-c2ccn(CCC#N)c(=O)c2)CC1C. The molecule has 31 heavy (non-hydrogen) atoms. The van der Waals surface area contributed by atoms with Gasteiger partial charge in [-0.2, -0.15) is 10.2 Å². The van der Waals surface area contributed by atoms with Crippen molar-refractivity contribution >= 4 is 0 Å². The molecule has 0 spiro atoms. The molecule has 1 fully saturated rings. The summed E-state index contributed by atoms with van der Waals surface area (Å²) in [6, 6.07) is 5.47. The van der Waals surface area contributed by atoms with Crippen LogP contribution >= 0.6 is 0 Å². The topological polar surface area (TPSA) is 80.8 Å². The Hall–Kier alpha value is -3.20. The summed E-state index contributed by atoms with van der Waals surface area (Å²) < 4.78 is 7.69. The number of aromatic nitrogens is 3. The van der Waals surface area contributed by atoms with Gasteiger partial charge in [-0.1, -0.05) is 30.2 Å². The summed E-state index contributed by atoms with van der Waals surface area (Å²) >= 11 is 0. The summed E-state index contributed by atoms with van der Waals surface area (Å²) in [4.78, 5) is 21.2. The molecule has 0 bridgehead atoms. The smallest absolute Gasteiger partial charge is 0.251 e. The maximum absolute atomic E-state index is 12.4. The molecule has 3 atom stereocenters. The van der Waals surface area contributed by atoms with Crippen molar-refractivity contribution in [2.45, 2.75) is 46.6 Å². The van der Waals surface area contributed by atoms with E-state index in [2.05, 4.69) is 42.0 Å². The quantitative estimate of drug-likeness (QED) is 0.666. The molecular formula is C25H28N4O2. The van der Waals surface area contributed by atoms with Crippen molar-refractivity contribution in [1.29, 1.82) is 5.26 Å². The molecule has 2 aliphatic carbocycles. The van der Waals surface area contributed by atoms with Crippen LogP contribution in [0.25, 0.3) is 11.1 Å². The Kier molecular flexibility index (Phi) is 6.03. The fraction of sp³-hybridized carbons (Fsp3) is 0.440. The second-order valence-corrected chi connectivity index (χ2v) is 8.66. The van der Waals surface area contributed by atoms with Gasteiger partial charge in [0.2, 0.25) is 5.88 Å². The van der Waals surface area contributed by atoms with E-state index in [4.69, 9.17) is 10.00 Å². The van der Waals surface area contributed by atoms with E-state index in [1.807, 2.05) is 13.0 Å². The summed E-state index contributed by atoms with van der Waals surface area (Å²) in [7, 11) is 0. The van der Waals surface area contributed by atoms with E-state index in [1.54, 1.807) is 18.5 Å². The van der Waals surface area contributed by atoms with E-state index in [0.29, 0.717) is 49.0 Å². The lowest BCUT2D eigenvalue weighted by atomic mass is 9.87. The average molecular weight is 417 g/mol. The Bertz CT molecular complexity index is 1140. The van der Waals surface area contributed by atoms with E-state index in [1.165, 1.54) is 15.7 Å². The molecular weight excluding hydrogens is 388 g/mol. The molecule has 3 unspecified atom stereocenters. The normalized spacial score (nSPS) is 22.3. The fourth-order valence-electron chi connectivity index (χ4n) is 4.12. The predicted octanol–water partition coefficient (Wildman–Crippen LogP) is 4.45. The van der Waals surface area contributed by atoms with E-state index in [-0.39, 0.29) is 5.56 Å². The maximum atomic E-state index is 12.4. The summed E-state index contributed by atoms with van der Waals surface area (Å²) in [6.45, 7) is 7.32. The van der Waals surface area contributed by atoms with Crippen LogP contribution < -0.4 is 10.3 Å². The van der Waals surface area contributed by atoms with Gasteiger partial charge in [-0.05, 0) is 50.2 Å². The van der Waals surface area contributed by atoms with Gasteiger partial charge in [-0.3, -0.25) is 4.79 Å². The Morgan fingerprint density at radius 1 is 1.32 bits per heavy atom. The van der Waals surface area contributed by atoms with Gasteiger partial charge < -0.3 is 9.30 Å². The predicted molar refractivity (Wildman–Crippen MR) is 119 cm³/mol. The minimum Gasteiger partial charge on any atom is -0.477 e. The van der Waals surface area contributed by atoms with Crippen LogP contribution in [0.2, 0.25) is 0 Å². The van der Waals surface area contributed by atoms with Gasteiger partial charge in [0.05, 0.1) is 24.7 Å². The highest BCUT2D eigenvalue weighted by molar-refractivity contribution is 5.67. The van der Waals surface area contributed by atoms with Crippen LogP contribution in [-0.2, 0) is 6.54 Å². The zero-order valence-corrected chi connectivity index (χ0v) is 18.3. The molecule has 6 nitrogen and oxygen atoms in total. The van der Waals surface area contributed by atoms with Crippen molar-refractivity contribution in [1.82, 2.24) is 14.5 Å². The van der Waals surface area contributed by atoms with Gasteiger partial charge in [0.1, 0.15) is 5.82 Å². The minimum absolute atomic E-state index is 0.150. The lowest BCUT2D eigenvalue weighted by molar-refractivity contribution is 0.283. The molecule has 160 valence electrons. The molecule has 2 heterocycles. The summed E-state index contributed by atoms with van der Waals surface area (Å²) in [5.74, 6) is 2.88. The third-order valence-electron chi connectivity index (χ3n) is 6.36. The zero-order chi connectivity index (χ0) is 22.0. The number of hydrogen-bond donors (Lipinski definition) is 0. The van der Waals surface area contributed by atoms with Crippen LogP contribution in [0.15, 0.2) is 52.6 Å². The molecule has 2 aromatic heterocycles. The first kappa shape index (κ1) is 21.0. The molecule has 2 aromatic rings. The van der Waals surface area contributed by atoms with Gasteiger partial charge in [-0.25, -0.2) is 4.98 Å². The van der Waals surface area contributed by atoms with Crippen molar-refractivity contribution in [2.24, 2.45) is 17.8 Å². The third-order valence-corrected chi connectivity index (χ3v) is 6.36. The molecule has 6 heteroatoms. The highest BCUT2D eigenvalue weighted by Gasteiger charge is 2.41. The maximum Gasteiger partial charge on any atom is 0.251 e. The average Bonchev–Trinajstić information content (AvgIpc) is 3.53. The van der Waals surface area contributed by atoms with E-state index in [9.17, 15) is 4.79 Å². The highest BCUT2D eigenvalue weighted by Crippen LogP contribution is 2.48. The van der Waals surface area contributed by atoms with Crippen LogP contribution in [0, 0.1) is 36.0 Å². The van der Waals surface area contributed by atoms with E-state index < -0.39 is 0 Å². The number of hydrogen-bond acceptors (Lipinski definition) is 5. The fourth-order valence-corrected chi connectivity index (χ4v) is 4.12. The monoisotopic (exact) mass is 416 g/mol. The van der Waals surface area contributed by atoms with Gasteiger partial charge in [0, 0.05) is 30.9 Å². The van der Waals surface area contributed by atoms with Gasteiger partial charge >= 0.3 is 0 Å². The van der Waals surface area contributed by atoms with Crippen molar-refractivity contribution < 1.29 is 4.74 Å². The van der Waals surface area contributed by atoms with Crippen LogP contribution in [0.4, 0.5) is 0 Å². The highest BCUT2D eigenvalue weighted by atomic mass is 16.5. The number of allylic oxidation sites excluding steroid dienone is 4. The second-order valence-electron chi connectivity index (χ2n) is 8.66. The number of aryl methyl sites for hydroxylation is 2. The first-order valence-electron chi connectivity index (χ1n) is 10.9. The molecule has 0 N–H and O–H groups in total. The lowest BCUT2D eigenvalue weighted by Crippen LogP contribution is -2.18. The lowest BCUT2D eigenvalue weighted by Gasteiger charge is -2.19. The molecule has 1 saturated carbocycles. The third kappa shape index (κ3) is 4.77. The number of rotatable bonds is 7. The van der Waals surface area contributed by atoms with E-state index >= 15 is 0 Å². The van der Waals surface area contributed by atoms with Crippen molar-refractivity contribution in [2.75, 3.05) is 6.61 Å².